The molecule has 7 heteroatoms. The summed E-state index contributed by atoms with van der Waals surface area (Å²) >= 11 is 0. The Hall–Kier alpha value is -3.71. The normalized spacial score (nSPS) is 12.5. The standard InChI is InChI=1S/C24H24FN3O3/c1-28(16-22(29)26-19-13-11-18(25)12-14-19)23(17-7-4-3-5-8-17)24(30)27-20-9-6-10-21(15-20)31-2/h3-15,23H,16H2,1-2H3,(H,26,29)(H,27,30)/p+1/t23-/m1/s1. The Kier molecular flexibility index (Phi) is 7.35. The zero-order chi connectivity index (χ0) is 22.2. The van der Waals surface area contributed by atoms with Crippen molar-refractivity contribution in [1.29, 1.82) is 0 Å². The molecule has 0 aliphatic carbocycles. The molecular formula is C24H25FN3O3+. The van der Waals surface area contributed by atoms with E-state index in [-0.39, 0.29) is 24.2 Å². The number of ether oxygens (including phenoxy) is 1. The Morgan fingerprint density at radius 2 is 1.65 bits per heavy atom. The molecule has 0 aromatic heterocycles. The molecule has 0 saturated carbocycles. The van der Waals surface area contributed by atoms with Gasteiger partial charge in [0.25, 0.3) is 11.8 Å². The number of hydrogen-bond acceptors (Lipinski definition) is 3. The molecule has 0 aliphatic heterocycles. The number of nitrogens with one attached hydrogen (secondary N) is 3. The van der Waals surface area contributed by atoms with Gasteiger partial charge in [0.2, 0.25) is 0 Å². The van der Waals surface area contributed by atoms with Gasteiger partial charge in [-0.15, -0.1) is 0 Å². The number of halogens is 1. The van der Waals surface area contributed by atoms with Crippen LogP contribution >= 0.6 is 0 Å². The van der Waals surface area contributed by atoms with Gasteiger partial charge in [0, 0.05) is 23.0 Å². The van der Waals surface area contributed by atoms with Gasteiger partial charge in [-0.3, -0.25) is 9.59 Å². The van der Waals surface area contributed by atoms with E-state index in [9.17, 15) is 14.0 Å². The summed E-state index contributed by atoms with van der Waals surface area (Å²) in [6.45, 7) is 0.0441. The fourth-order valence-corrected chi connectivity index (χ4v) is 3.31. The summed E-state index contributed by atoms with van der Waals surface area (Å²) in [7, 11) is 3.35. The molecule has 0 saturated heterocycles. The molecule has 1 unspecified atom stereocenters. The summed E-state index contributed by atoms with van der Waals surface area (Å²) in [5, 5.41) is 5.65. The van der Waals surface area contributed by atoms with Gasteiger partial charge in [0.05, 0.1) is 14.2 Å². The summed E-state index contributed by atoms with van der Waals surface area (Å²) in [6, 6.07) is 21.3. The Labute approximate surface area is 180 Å². The van der Waals surface area contributed by atoms with E-state index < -0.39 is 6.04 Å². The number of quaternary nitrogens is 1. The second kappa shape index (κ2) is 10.4. The highest BCUT2D eigenvalue weighted by Gasteiger charge is 2.30. The summed E-state index contributed by atoms with van der Waals surface area (Å²) in [4.78, 5) is 26.4. The van der Waals surface area contributed by atoms with Gasteiger partial charge in [-0.05, 0) is 36.4 Å². The lowest BCUT2D eigenvalue weighted by molar-refractivity contribution is -0.893. The lowest BCUT2D eigenvalue weighted by Crippen LogP contribution is -3.11. The Morgan fingerprint density at radius 3 is 2.32 bits per heavy atom. The summed E-state index contributed by atoms with van der Waals surface area (Å²) in [5.41, 5.74) is 1.89. The van der Waals surface area contributed by atoms with Crippen LogP contribution < -0.4 is 20.3 Å². The van der Waals surface area contributed by atoms with Crippen molar-refractivity contribution in [3.63, 3.8) is 0 Å². The Balaban J connectivity index is 1.75. The summed E-state index contributed by atoms with van der Waals surface area (Å²) in [6.07, 6.45) is 0. The highest BCUT2D eigenvalue weighted by molar-refractivity contribution is 5.95. The second-order valence-corrected chi connectivity index (χ2v) is 7.14. The van der Waals surface area contributed by atoms with Gasteiger partial charge in [0.15, 0.2) is 12.6 Å². The second-order valence-electron chi connectivity index (χ2n) is 7.14. The van der Waals surface area contributed by atoms with Crippen molar-refractivity contribution in [2.75, 3.05) is 31.3 Å². The van der Waals surface area contributed by atoms with Crippen molar-refractivity contribution in [2.45, 2.75) is 6.04 Å². The largest absolute Gasteiger partial charge is 0.497 e. The number of carbonyl (C=O) groups is 2. The third kappa shape index (κ3) is 6.13. The minimum atomic E-state index is -0.619. The van der Waals surface area contributed by atoms with E-state index in [2.05, 4.69) is 10.6 Å². The molecule has 2 atom stereocenters. The van der Waals surface area contributed by atoms with Gasteiger partial charge in [-0.1, -0.05) is 36.4 Å². The van der Waals surface area contributed by atoms with E-state index in [0.29, 0.717) is 22.0 Å². The van der Waals surface area contributed by atoms with Gasteiger partial charge < -0.3 is 20.3 Å². The number of hydrogen-bond donors (Lipinski definition) is 3. The zero-order valence-corrected chi connectivity index (χ0v) is 17.4. The minimum Gasteiger partial charge on any atom is -0.497 e. The Bertz CT molecular complexity index is 1030. The molecule has 0 fully saturated rings. The van der Waals surface area contributed by atoms with Crippen LogP contribution in [0.2, 0.25) is 0 Å². The van der Waals surface area contributed by atoms with Crippen LogP contribution in [0.3, 0.4) is 0 Å². The maximum atomic E-state index is 13.2. The van der Waals surface area contributed by atoms with Crippen LogP contribution in [0.15, 0.2) is 78.9 Å². The lowest BCUT2D eigenvalue weighted by Gasteiger charge is -2.24. The van der Waals surface area contributed by atoms with Crippen LogP contribution in [0.5, 0.6) is 5.75 Å². The highest BCUT2D eigenvalue weighted by Crippen LogP contribution is 2.19. The van der Waals surface area contributed by atoms with E-state index in [1.165, 1.54) is 24.3 Å². The summed E-state index contributed by atoms with van der Waals surface area (Å²) < 4.78 is 18.3. The molecule has 3 aromatic rings. The highest BCUT2D eigenvalue weighted by atomic mass is 19.1. The monoisotopic (exact) mass is 422 g/mol. The number of benzene rings is 3. The molecule has 3 N–H and O–H groups in total. The predicted molar refractivity (Wildman–Crippen MR) is 118 cm³/mol. The number of rotatable bonds is 8. The maximum Gasteiger partial charge on any atom is 0.287 e. The smallest absolute Gasteiger partial charge is 0.287 e. The average Bonchev–Trinajstić information content (AvgIpc) is 2.76. The minimum absolute atomic E-state index is 0.0441. The number of likely N-dealkylation sites (N-methyl/N-ethyl adjacent to an activating group) is 1. The van der Waals surface area contributed by atoms with Gasteiger partial charge in [0.1, 0.15) is 11.6 Å². The first-order chi connectivity index (χ1) is 15.0. The molecule has 0 heterocycles. The number of anilines is 2. The van der Waals surface area contributed by atoms with Crippen molar-refractivity contribution in [3.05, 3.63) is 90.2 Å². The van der Waals surface area contributed by atoms with Crippen molar-refractivity contribution < 1.29 is 23.6 Å². The fourth-order valence-electron chi connectivity index (χ4n) is 3.31. The van der Waals surface area contributed by atoms with E-state index in [0.717, 1.165) is 5.56 Å². The molecule has 3 rings (SSSR count). The van der Waals surface area contributed by atoms with Gasteiger partial charge >= 0.3 is 0 Å². The molecule has 0 radical (unpaired) electrons. The molecular weight excluding hydrogens is 397 g/mol. The molecule has 160 valence electrons. The van der Waals surface area contributed by atoms with Crippen LogP contribution in [0.25, 0.3) is 0 Å². The van der Waals surface area contributed by atoms with Gasteiger partial charge in [-0.25, -0.2) is 4.39 Å². The van der Waals surface area contributed by atoms with Crippen LogP contribution in [-0.4, -0.2) is 32.5 Å². The first kappa shape index (κ1) is 22.0. The first-order valence-corrected chi connectivity index (χ1v) is 9.84. The van der Waals surface area contributed by atoms with Crippen molar-refractivity contribution >= 4 is 23.2 Å². The lowest BCUT2D eigenvalue weighted by atomic mass is 10.0. The van der Waals surface area contributed by atoms with Crippen LogP contribution in [-0.2, 0) is 9.59 Å². The predicted octanol–water partition coefficient (Wildman–Crippen LogP) is 2.67. The van der Waals surface area contributed by atoms with Crippen LogP contribution in [0.4, 0.5) is 15.8 Å². The van der Waals surface area contributed by atoms with E-state index in [4.69, 9.17) is 4.74 Å². The first-order valence-electron chi connectivity index (χ1n) is 9.84. The van der Waals surface area contributed by atoms with Crippen molar-refractivity contribution in [1.82, 2.24) is 0 Å². The molecule has 2 amide bonds. The van der Waals surface area contributed by atoms with E-state index in [1.54, 1.807) is 38.4 Å². The zero-order valence-electron chi connectivity index (χ0n) is 17.4. The van der Waals surface area contributed by atoms with Gasteiger partial charge in [-0.2, -0.15) is 0 Å². The molecule has 3 aromatic carbocycles. The van der Waals surface area contributed by atoms with E-state index in [1.807, 2.05) is 30.3 Å². The van der Waals surface area contributed by atoms with Crippen LogP contribution in [0.1, 0.15) is 11.6 Å². The fraction of sp³-hybridized carbons (Fsp3) is 0.167. The topological polar surface area (TPSA) is 71.9 Å². The maximum absolute atomic E-state index is 13.2. The van der Waals surface area contributed by atoms with Crippen molar-refractivity contribution in [3.8, 4) is 5.75 Å². The quantitative estimate of drug-likeness (QED) is 0.523. The number of methoxy groups -OCH3 is 1. The SMILES string of the molecule is COc1cccc(NC(=O)[C@@H](c2ccccc2)[NH+](C)CC(=O)Nc2ccc(F)cc2)c1. The molecule has 31 heavy (non-hydrogen) atoms. The average molecular weight is 422 g/mol. The molecule has 0 spiro atoms. The number of amides is 2. The summed E-state index contributed by atoms with van der Waals surface area (Å²) in [5.74, 6) is -0.265. The third-order valence-corrected chi connectivity index (χ3v) is 4.79. The van der Waals surface area contributed by atoms with Crippen molar-refractivity contribution in [2.24, 2.45) is 0 Å². The Morgan fingerprint density at radius 1 is 0.935 bits per heavy atom. The van der Waals surface area contributed by atoms with Crippen LogP contribution in [0, 0.1) is 5.82 Å². The van der Waals surface area contributed by atoms with E-state index >= 15 is 0 Å². The molecule has 6 nitrogen and oxygen atoms in total. The third-order valence-electron chi connectivity index (χ3n) is 4.79. The molecule has 0 bridgehead atoms. The molecule has 0 aliphatic rings. The number of carbonyl (C=O) groups excluding carboxylic acids is 2.